The zero-order chi connectivity index (χ0) is 12.0. The predicted octanol–water partition coefficient (Wildman–Crippen LogP) is 2.86. The molecule has 0 saturated carbocycles. The van der Waals surface area contributed by atoms with Crippen molar-refractivity contribution in [3.63, 3.8) is 0 Å². The number of ether oxygens (including phenoxy) is 1. The van der Waals surface area contributed by atoms with E-state index in [-0.39, 0.29) is 5.43 Å². The minimum absolute atomic E-state index is 0.0786. The summed E-state index contributed by atoms with van der Waals surface area (Å²) in [5.74, 6) is 1.01. The highest BCUT2D eigenvalue weighted by atomic mass is 16.5. The fourth-order valence-electron chi connectivity index (χ4n) is 1.99. The second kappa shape index (κ2) is 3.38. The van der Waals surface area contributed by atoms with Gasteiger partial charge >= 0.3 is 0 Å². The molecule has 3 aromatic rings. The van der Waals surface area contributed by atoms with E-state index in [2.05, 4.69) is 0 Å². The number of hydrogen-bond donors (Lipinski definition) is 0. The van der Waals surface area contributed by atoms with Crippen LogP contribution in [-0.4, -0.2) is 7.11 Å². The zero-order valence-electron chi connectivity index (χ0n) is 9.44. The normalized spacial score (nSPS) is 11.2. The van der Waals surface area contributed by atoms with Gasteiger partial charge in [-0.1, -0.05) is 0 Å². The third-order valence-electron chi connectivity index (χ3n) is 2.72. The maximum absolute atomic E-state index is 11.9. The summed E-state index contributed by atoms with van der Waals surface area (Å²) in [7, 11) is 1.53. The summed E-state index contributed by atoms with van der Waals surface area (Å²) in [6.07, 6.45) is 1.56. The molecule has 0 aliphatic rings. The lowest BCUT2D eigenvalue weighted by atomic mass is 10.1. The van der Waals surface area contributed by atoms with Crippen molar-refractivity contribution in [1.29, 1.82) is 0 Å². The Hall–Kier alpha value is -2.23. The molecule has 0 fully saturated rings. The van der Waals surface area contributed by atoms with Gasteiger partial charge in [-0.25, -0.2) is 0 Å². The van der Waals surface area contributed by atoms with E-state index < -0.39 is 0 Å². The van der Waals surface area contributed by atoms with E-state index in [0.29, 0.717) is 28.1 Å². The van der Waals surface area contributed by atoms with Crippen molar-refractivity contribution < 1.29 is 13.6 Å². The van der Waals surface area contributed by atoms with E-state index in [1.54, 1.807) is 25.3 Å². The van der Waals surface area contributed by atoms with Gasteiger partial charge in [-0.05, 0) is 19.1 Å². The molecule has 3 rings (SSSR count). The Labute approximate surface area is 96.4 Å². The molecule has 2 aromatic heterocycles. The summed E-state index contributed by atoms with van der Waals surface area (Å²) in [6, 6.07) is 5.01. The molecule has 0 amide bonds. The molecule has 0 unspecified atom stereocenters. The molecular formula is C13H10O4. The number of furan rings is 1. The largest absolute Gasteiger partial charge is 0.490 e. The molecule has 1 aromatic carbocycles. The smallest absolute Gasteiger partial charge is 0.206 e. The minimum Gasteiger partial charge on any atom is -0.490 e. The van der Waals surface area contributed by atoms with Crippen LogP contribution in [0.3, 0.4) is 0 Å². The van der Waals surface area contributed by atoms with E-state index in [9.17, 15) is 4.79 Å². The summed E-state index contributed by atoms with van der Waals surface area (Å²) in [5, 5.41) is 1.33. The minimum atomic E-state index is -0.0786. The van der Waals surface area contributed by atoms with Crippen LogP contribution in [0, 0.1) is 6.92 Å². The molecule has 0 bridgehead atoms. The first-order valence-corrected chi connectivity index (χ1v) is 5.19. The van der Waals surface area contributed by atoms with E-state index in [0.717, 1.165) is 5.39 Å². The van der Waals surface area contributed by atoms with Gasteiger partial charge < -0.3 is 13.6 Å². The van der Waals surface area contributed by atoms with Crippen LogP contribution in [-0.2, 0) is 0 Å². The molecule has 0 spiro atoms. The second-order valence-electron chi connectivity index (χ2n) is 3.85. The molecule has 17 heavy (non-hydrogen) atoms. The van der Waals surface area contributed by atoms with Crippen molar-refractivity contribution in [2.45, 2.75) is 6.92 Å². The van der Waals surface area contributed by atoms with Crippen LogP contribution in [0.15, 0.2) is 38.1 Å². The molecule has 0 atom stereocenters. The van der Waals surface area contributed by atoms with Gasteiger partial charge in [-0.2, -0.15) is 0 Å². The quantitative estimate of drug-likeness (QED) is 0.645. The second-order valence-corrected chi connectivity index (χ2v) is 3.85. The first-order valence-electron chi connectivity index (χ1n) is 5.19. The number of fused-ring (bicyclic) bond motifs is 2. The fraction of sp³-hybridized carbons (Fsp3) is 0.154. The van der Waals surface area contributed by atoms with Crippen LogP contribution in [0.5, 0.6) is 5.75 Å². The summed E-state index contributed by atoms with van der Waals surface area (Å²) in [5.41, 5.74) is 0.943. The number of rotatable bonds is 1. The number of hydrogen-bond acceptors (Lipinski definition) is 4. The highest BCUT2D eigenvalue weighted by molar-refractivity contribution is 5.99. The molecule has 0 N–H and O–H groups in total. The standard InChI is InChI=1S/C13H10O4/c1-7-5-10(14)9-6-8-3-4-16-11(8)13(15-2)12(9)17-7/h3-6H,1-2H3. The summed E-state index contributed by atoms with van der Waals surface area (Å²) < 4.78 is 16.2. The fourth-order valence-corrected chi connectivity index (χ4v) is 1.99. The lowest BCUT2D eigenvalue weighted by molar-refractivity contribution is 0.403. The van der Waals surface area contributed by atoms with Gasteiger partial charge in [0.15, 0.2) is 16.6 Å². The van der Waals surface area contributed by atoms with E-state index >= 15 is 0 Å². The Kier molecular flexibility index (Phi) is 1.98. The molecule has 0 radical (unpaired) electrons. The van der Waals surface area contributed by atoms with Crippen molar-refractivity contribution >= 4 is 21.9 Å². The maximum atomic E-state index is 11.9. The van der Waals surface area contributed by atoms with Gasteiger partial charge in [0, 0.05) is 11.5 Å². The van der Waals surface area contributed by atoms with Crippen LogP contribution in [0.2, 0.25) is 0 Å². The molecule has 86 valence electrons. The number of aryl methyl sites for hydroxylation is 1. The van der Waals surface area contributed by atoms with Gasteiger partial charge in [0.25, 0.3) is 0 Å². The Morgan fingerprint density at radius 3 is 2.82 bits per heavy atom. The van der Waals surface area contributed by atoms with E-state index in [4.69, 9.17) is 13.6 Å². The summed E-state index contributed by atoms with van der Waals surface area (Å²) in [4.78, 5) is 11.9. The highest BCUT2D eigenvalue weighted by Gasteiger charge is 2.15. The SMILES string of the molecule is COc1c2occc2cc2c(=O)cc(C)oc12. The average Bonchev–Trinajstić information content (AvgIpc) is 2.74. The Balaban J connectivity index is 2.63. The Morgan fingerprint density at radius 2 is 2.06 bits per heavy atom. The van der Waals surface area contributed by atoms with Crippen molar-refractivity contribution in [3.8, 4) is 5.75 Å². The van der Waals surface area contributed by atoms with Gasteiger partial charge in [0.05, 0.1) is 18.8 Å². The first kappa shape index (κ1) is 9.96. The Bertz CT molecular complexity index is 764. The van der Waals surface area contributed by atoms with Gasteiger partial charge in [-0.3, -0.25) is 4.79 Å². The number of benzene rings is 1. The third kappa shape index (κ3) is 1.34. The van der Waals surface area contributed by atoms with Gasteiger partial charge in [0.2, 0.25) is 5.75 Å². The molecule has 0 aliphatic carbocycles. The van der Waals surface area contributed by atoms with Crippen molar-refractivity contribution in [2.75, 3.05) is 7.11 Å². The molecule has 2 heterocycles. The number of methoxy groups -OCH3 is 1. The Morgan fingerprint density at radius 1 is 1.24 bits per heavy atom. The topological polar surface area (TPSA) is 52.6 Å². The van der Waals surface area contributed by atoms with Gasteiger partial charge in [-0.15, -0.1) is 0 Å². The monoisotopic (exact) mass is 230 g/mol. The first-order chi connectivity index (χ1) is 8.20. The maximum Gasteiger partial charge on any atom is 0.206 e. The van der Waals surface area contributed by atoms with Crippen LogP contribution in [0.1, 0.15) is 5.76 Å². The highest BCUT2D eigenvalue weighted by Crippen LogP contribution is 2.34. The van der Waals surface area contributed by atoms with Gasteiger partial charge in [0.1, 0.15) is 5.76 Å². The molecule has 0 aliphatic heterocycles. The third-order valence-corrected chi connectivity index (χ3v) is 2.72. The average molecular weight is 230 g/mol. The summed E-state index contributed by atoms with van der Waals surface area (Å²) >= 11 is 0. The summed E-state index contributed by atoms with van der Waals surface area (Å²) in [6.45, 7) is 1.73. The lowest BCUT2D eigenvalue weighted by Crippen LogP contribution is -2.01. The van der Waals surface area contributed by atoms with Crippen LogP contribution in [0.25, 0.3) is 21.9 Å². The molecular weight excluding hydrogens is 220 g/mol. The van der Waals surface area contributed by atoms with E-state index in [1.807, 2.05) is 0 Å². The van der Waals surface area contributed by atoms with Crippen LogP contribution < -0.4 is 10.2 Å². The predicted molar refractivity (Wildman–Crippen MR) is 63.5 cm³/mol. The zero-order valence-corrected chi connectivity index (χ0v) is 9.44. The molecule has 4 nitrogen and oxygen atoms in total. The van der Waals surface area contributed by atoms with E-state index in [1.165, 1.54) is 13.2 Å². The molecule has 0 saturated heterocycles. The van der Waals surface area contributed by atoms with Crippen molar-refractivity contribution in [3.05, 3.63) is 40.4 Å². The lowest BCUT2D eigenvalue weighted by Gasteiger charge is -2.05. The van der Waals surface area contributed by atoms with Crippen LogP contribution in [0.4, 0.5) is 0 Å². The molecule has 4 heteroatoms. The van der Waals surface area contributed by atoms with Crippen molar-refractivity contribution in [2.24, 2.45) is 0 Å². The van der Waals surface area contributed by atoms with Crippen molar-refractivity contribution in [1.82, 2.24) is 0 Å². The van der Waals surface area contributed by atoms with Crippen LogP contribution >= 0.6 is 0 Å².